The van der Waals surface area contributed by atoms with Crippen LogP contribution in [0.3, 0.4) is 0 Å². The summed E-state index contributed by atoms with van der Waals surface area (Å²) in [5, 5.41) is 11.3. The average Bonchev–Trinajstić information content (AvgIpc) is 3.46. The summed E-state index contributed by atoms with van der Waals surface area (Å²) in [4.78, 5) is 55.5. The van der Waals surface area contributed by atoms with Crippen molar-refractivity contribution in [3.05, 3.63) is 98.5 Å². The maximum absolute atomic E-state index is 13.9. The molecule has 3 aromatic carbocycles. The number of carbonyl (C=O) groups is 3. The molecule has 6 rings (SSSR count). The second-order valence-corrected chi connectivity index (χ2v) is 11.9. The Morgan fingerprint density at radius 2 is 1.74 bits per heavy atom. The fourth-order valence-corrected chi connectivity index (χ4v) is 7.73. The number of hydrogen-bond acceptors (Lipinski definition) is 8. The summed E-state index contributed by atoms with van der Waals surface area (Å²) in [6.07, 6.45) is -4.80. The van der Waals surface area contributed by atoms with Crippen molar-refractivity contribution in [1.29, 1.82) is 0 Å². The van der Waals surface area contributed by atoms with E-state index in [9.17, 15) is 37.5 Å². The molecule has 0 saturated carbocycles. The largest absolute Gasteiger partial charge is 0.508 e. The van der Waals surface area contributed by atoms with Crippen LogP contribution in [-0.2, 0) is 20.6 Å². The number of rotatable bonds is 6. The van der Waals surface area contributed by atoms with E-state index in [-0.39, 0.29) is 18.1 Å². The van der Waals surface area contributed by atoms with E-state index in [4.69, 9.17) is 4.74 Å². The van der Waals surface area contributed by atoms with Gasteiger partial charge in [0.1, 0.15) is 16.7 Å². The van der Waals surface area contributed by atoms with Crippen molar-refractivity contribution in [3.63, 3.8) is 0 Å². The number of nitrogens with zero attached hydrogens (tertiary/aromatic N) is 1. The Balaban J connectivity index is 1.31. The zero-order valence-corrected chi connectivity index (χ0v) is 23.4. The van der Waals surface area contributed by atoms with Gasteiger partial charge in [0.25, 0.3) is 5.91 Å². The highest BCUT2D eigenvalue weighted by Gasteiger charge is 2.57. The molecule has 3 amide bonds. The number of para-hydroxylation sites is 1. The zero-order chi connectivity index (χ0) is 30.5. The molecule has 2 unspecified atom stereocenters. The van der Waals surface area contributed by atoms with Gasteiger partial charge in [-0.3, -0.25) is 19.2 Å². The van der Waals surface area contributed by atoms with Crippen LogP contribution in [0.4, 0.5) is 24.5 Å². The molecular formula is C29H20F3N3O6S2. The van der Waals surface area contributed by atoms with Crippen LogP contribution in [0.5, 0.6) is 11.5 Å². The van der Waals surface area contributed by atoms with Gasteiger partial charge in [-0.2, -0.15) is 13.2 Å². The van der Waals surface area contributed by atoms with Gasteiger partial charge < -0.3 is 20.1 Å². The summed E-state index contributed by atoms with van der Waals surface area (Å²) in [7, 11) is 0. The number of aromatic amines is 1. The topological polar surface area (TPSA) is 129 Å². The molecule has 3 heterocycles. The fraction of sp³-hybridized carbons (Fsp3) is 0.172. The molecule has 3 N–H and O–H groups in total. The van der Waals surface area contributed by atoms with Crippen molar-refractivity contribution in [2.24, 2.45) is 5.92 Å². The Kier molecular flexibility index (Phi) is 7.26. The first-order valence-corrected chi connectivity index (χ1v) is 14.5. The number of nitrogens with one attached hydrogen (secondary N) is 2. The predicted octanol–water partition coefficient (Wildman–Crippen LogP) is 4.97. The van der Waals surface area contributed by atoms with Gasteiger partial charge in [0.05, 0.1) is 22.2 Å². The molecule has 0 bridgehead atoms. The molecule has 0 radical (unpaired) electrons. The number of carbonyl (C=O) groups excluding carboxylic acids is 3. The quantitative estimate of drug-likeness (QED) is 0.203. The molecule has 2 aliphatic heterocycles. The fourth-order valence-electron chi connectivity index (χ4n) is 5.21. The number of halogens is 3. The molecule has 14 heteroatoms. The lowest BCUT2D eigenvalue weighted by Crippen LogP contribution is -2.33. The number of aromatic nitrogens is 1. The minimum Gasteiger partial charge on any atom is -0.508 e. The van der Waals surface area contributed by atoms with Crippen molar-refractivity contribution >= 4 is 52.2 Å². The Bertz CT molecular complexity index is 1800. The number of phenols is 1. The lowest BCUT2D eigenvalue weighted by molar-refractivity contribution is -0.137. The average molecular weight is 628 g/mol. The Morgan fingerprint density at radius 1 is 1.00 bits per heavy atom. The maximum atomic E-state index is 13.9. The monoisotopic (exact) mass is 627 g/mol. The third-order valence-corrected chi connectivity index (χ3v) is 9.41. The normalized spacial score (nSPS) is 19.6. The number of imide groups is 1. The summed E-state index contributed by atoms with van der Waals surface area (Å²) in [6.45, 7) is -0.376. The number of ether oxygens (including phenoxy) is 1. The van der Waals surface area contributed by atoms with Gasteiger partial charge in [0.2, 0.25) is 11.8 Å². The van der Waals surface area contributed by atoms with Gasteiger partial charge in [-0.05, 0) is 54.1 Å². The van der Waals surface area contributed by atoms with Crippen molar-refractivity contribution in [2.45, 2.75) is 22.4 Å². The number of thioether (sulfide) groups is 1. The molecule has 3 atom stereocenters. The lowest BCUT2D eigenvalue weighted by atomic mass is 9.83. The van der Waals surface area contributed by atoms with E-state index >= 15 is 0 Å². The van der Waals surface area contributed by atoms with Gasteiger partial charge in [0.15, 0.2) is 6.61 Å². The highest BCUT2D eigenvalue weighted by atomic mass is 32.2. The molecule has 220 valence electrons. The van der Waals surface area contributed by atoms with Crippen LogP contribution in [0, 0.1) is 5.92 Å². The second-order valence-electron chi connectivity index (χ2n) is 9.73. The van der Waals surface area contributed by atoms with E-state index in [0.717, 1.165) is 35.2 Å². The molecule has 2 aliphatic rings. The first-order chi connectivity index (χ1) is 20.5. The van der Waals surface area contributed by atoms with E-state index in [0.29, 0.717) is 26.1 Å². The van der Waals surface area contributed by atoms with Crippen molar-refractivity contribution < 1.29 is 37.4 Å². The number of hydrogen-bond donors (Lipinski definition) is 3. The summed E-state index contributed by atoms with van der Waals surface area (Å²) in [5.41, 5.74) is -0.731. The van der Waals surface area contributed by atoms with Gasteiger partial charge >= 0.3 is 11.0 Å². The molecule has 43 heavy (non-hydrogen) atoms. The van der Waals surface area contributed by atoms with Crippen LogP contribution in [0.2, 0.25) is 0 Å². The Labute approximate surface area is 249 Å². The minimum absolute atomic E-state index is 0.0418. The number of amides is 3. The predicted molar refractivity (Wildman–Crippen MR) is 153 cm³/mol. The summed E-state index contributed by atoms with van der Waals surface area (Å²) in [5.74, 6) is -3.75. The molecule has 1 fully saturated rings. The van der Waals surface area contributed by atoms with E-state index in [2.05, 4.69) is 10.3 Å². The van der Waals surface area contributed by atoms with Gasteiger partial charge in [0, 0.05) is 16.5 Å². The minimum atomic E-state index is -4.80. The van der Waals surface area contributed by atoms with Gasteiger partial charge in [-0.1, -0.05) is 47.4 Å². The van der Waals surface area contributed by atoms with Crippen LogP contribution in [-0.4, -0.2) is 39.7 Å². The number of anilines is 2. The van der Waals surface area contributed by atoms with Gasteiger partial charge in [-0.15, -0.1) is 0 Å². The zero-order valence-electron chi connectivity index (χ0n) is 21.8. The number of thiazole rings is 1. The van der Waals surface area contributed by atoms with Crippen LogP contribution in [0.1, 0.15) is 21.9 Å². The Morgan fingerprint density at radius 3 is 2.49 bits per heavy atom. The molecule has 0 spiro atoms. The smallest absolute Gasteiger partial charge is 0.418 e. The van der Waals surface area contributed by atoms with E-state index in [1.807, 2.05) is 0 Å². The highest BCUT2D eigenvalue weighted by molar-refractivity contribution is 8.00. The number of aromatic hydroxyl groups is 1. The van der Waals surface area contributed by atoms with Crippen LogP contribution >= 0.6 is 23.1 Å². The third kappa shape index (κ3) is 5.39. The summed E-state index contributed by atoms with van der Waals surface area (Å²) in [6, 6.07) is 16.7. The lowest BCUT2D eigenvalue weighted by Gasteiger charge is -2.30. The van der Waals surface area contributed by atoms with E-state index < -0.39 is 57.1 Å². The van der Waals surface area contributed by atoms with Crippen molar-refractivity contribution in [1.82, 2.24) is 4.98 Å². The third-order valence-electron chi connectivity index (χ3n) is 7.01. The summed E-state index contributed by atoms with van der Waals surface area (Å²) >= 11 is 1.81. The van der Waals surface area contributed by atoms with Crippen LogP contribution in [0.15, 0.2) is 82.6 Å². The van der Waals surface area contributed by atoms with E-state index in [1.165, 1.54) is 36.4 Å². The van der Waals surface area contributed by atoms with Crippen molar-refractivity contribution in [2.75, 3.05) is 16.8 Å². The standard InChI is InChI=1S/C29H20F3N3O6S2/c30-29(31,32)18-6-1-2-7-19(18)35-26(38)22-21(23-25(34-28(40)43-23)42-24(22)27(35)39)14-4-3-5-17(12-14)41-13-20(37)33-15-8-10-16(36)11-9-15/h1-12,21-22,24,36H,13H2,(H,33,37)(H,34,40)/t21-,22?,24?/m1/s1. The van der Waals surface area contributed by atoms with Crippen LogP contribution < -0.4 is 19.8 Å². The molecule has 0 aliphatic carbocycles. The molecule has 4 aromatic rings. The maximum Gasteiger partial charge on any atom is 0.418 e. The molecular weight excluding hydrogens is 607 g/mol. The first-order valence-electron chi connectivity index (χ1n) is 12.8. The molecule has 1 aromatic heterocycles. The summed E-state index contributed by atoms with van der Waals surface area (Å²) < 4.78 is 47.2. The van der Waals surface area contributed by atoms with Crippen molar-refractivity contribution in [3.8, 4) is 11.5 Å². The van der Waals surface area contributed by atoms with Gasteiger partial charge in [-0.25, -0.2) is 4.90 Å². The first kappa shape index (κ1) is 28.6. The SMILES string of the molecule is O=C(COc1cccc([C@H]2c3sc(=O)[nH]c3SC3C(=O)N(c4ccccc4C(F)(F)F)C(=O)C32)c1)Nc1ccc(O)cc1. The number of benzene rings is 3. The number of fused-ring (bicyclic) bond motifs is 2. The van der Waals surface area contributed by atoms with Crippen LogP contribution in [0.25, 0.3) is 0 Å². The number of alkyl halides is 3. The molecule has 9 nitrogen and oxygen atoms in total. The Hall–Kier alpha value is -4.56. The second kappa shape index (κ2) is 10.9. The number of H-pyrrole nitrogens is 1. The number of phenolic OH excluding ortho intramolecular Hbond substituents is 1. The van der Waals surface area contributed by atoms with E-state index in [1.54, 1.807) is 24.3 Å². The highest BCUT2D eigenvalue weighted by Crippen LogP contribution is 2.54. The molecule has 1 saturated heterocycles.